The molecule has 5 aromatic carbocycles. The Morgan fingerprint density at radius 3 is 1.55 bits per heavy atom. The van der Waals surface area contributed by atoms with E-state index in [2.05, 4.69) is 144 Å². The molecule has 58 heavy (non-hydrogen) atoms. The SMILES string of the molecule is COc1ccc(CNC(=O)CC2C(=O)CC(O[Si](c3ccccc3)(c3ccccc3)C(C)(C)C)C2CO[Si](c2ccccc2)(c2ccccc2)C(C)(C)C)c(OC)c1. The molecule has 9 heteroatoms. The van der Waals surface area contributed by atoms with E-state index in [1.807, 2.05) is 36.4 Å². The van der Waals surface area contributed by atoms with Gasteiger partial charge in [0.2, 0.25) is 5.91 Å². The first-order chi connectivity index (χ1) is 27.7. The Kier molecular flexibility index (Phi) is 13.3. The van der Waals surface area contributed by atoms with Gasteiger partial charge in [-0.1, -0.05) is 163 Å². The van der Waals surface area contributed by atoms with E-state index >= 15 is 0 Å². The van der Waals surface area contributed by atoms with Crippen molar-refractivity contribution in [2.24, 2.45) is 11.8 Å². The van der Waals surface area contributed by atoms with Gasteiger partial charge in [0.1, 0.15) is 17.3 Å². The third-order valence-electron chi connectivity index (χ3n) is 11.8. The number of hydrogen-bond donors (Lipinski definition) is 1. The Balaban J connectivity index is 1.42. The number of amides is 1. The van der Waals surface area contributed by atoms with Gasteiger partial charge in [0, 0.05) is 49.5 Å². The van der Waals surface area contributed by atoms with Gasteiger partial charge in [0.15, 0.2) is 0 Å². The zero-order valence-electron chi connectivity index (χ0n) is 35.3. The van der Waals surface area contributed by atoms with Crippen LogP contribution in [0, 0.1) is 11.8 Å². The molecule has 0 aromatic heterocycles. The first-order valence-corrected chi connectivity index (χ1v) is 24.1. The highest BCUT2D eigenvalue weighted by Gasteiger charge is 2.57. The van der Waals surface area contributed by atoms with Crippen LogP contribution in [0.15, 0.2) is 140 Å². The van der Waals surface area contributed by atoms with Crippen LogP contribution in [0.1, 0.15) is 59.9 Å². The number of benzene rings is 5. The largest absolute Gasteiger partial charge is 0.497 e. The Hall–Kier alpha value is -4.81. The lowest BCUT2D eigenvalue weighted by molar-refractivity contribution is -0.128. The van der Waals surface area contributed by atoms with E-state index in [1.54, 1.807) is 20.3 Å². The van der Waals surface area contributed by atoms with Gasteiger partial charge in [-0.2, -0.15) is 0 Å². The molecule has 3 atom stereocenters. The van der Waals surface area contributed by atoms with Crippen molar-refractivity contribution in [3.63, 3.8) is 0 Å². The molecule has 1 aliphatic carbocycles. The number of nitrogens with one attached hydrogen (secondary N) is 1. The number of Topliss-reactive ketones (excluding diaryl/α,β-unsaturated/α-hetero) is 1. The molecule has 5 aromatic rings. The topological polar surface area (TPSA) is 83.1 Å². The van der Waals surface area contributed by atoms with Crippen LogP contribution in [0.25, 0.3) is 0 Å². The van der Waals surface area contributed by atoms with Gasteiger partial charge in [-0.05, 0) is 43.0 Å². The number of ketones is 1. The minimum absolute atomic E-state index is 0.0205. The van der Waals surface area contributed by atoms with Gasteiger partial charge in [-0.15, -0.1) is 0 Å². The average molecular weight is 814 g/mol. The summed E-state index contributed by atoms with van der Waals surface area (Å²) in [6.45, 7) is 14.0. The van der Waals surface area contributed by atoms with Crippen LogP contribution in [-0.4, -0.2) is 55.3 Å². The fourth-order valence-electron chi connectivity index (χ4n) is 8.98. The highest BCUT2D eigenvalue weighted by molar-refractivity contribution is 7.00. The molecule has 1 N–H and O–H groups in total. The van der Waals surface area contributed by atoms with Crippen molar-refractivity contribution in [1.82, 2.24) is 5.32 Å². The van der Waals surface area contributed by atoms with Crippen LogP contribution in [0.5, 0.6) is 11.5 Å². The summed E-state index contributed by atoms with van der Waals surface area (Å²) >= 11 is 0. The molecule has 0 spiro atoms. The fraction of sp³-hybridized carbons (Fsp3) is 0.347. The number of carbonyl (C=O) groups is 2. The summed E-state index contributed by atoms with van der Waals surface area (Å²) in [5, 5.41) is 7.10. The maximum atomic E-state index is 14.5. The van der Waals surface area contributed by atoms with Crippen molar-refractivity contribution in [1.29, 1.82) is 0 Å². The first kappa shape index (κ1) is 42.8. The summed E-state index contributed by atoms with van der Waals surface area (Å²) in [7, 11) is -2.91. The monoisotopic (exact) mass is 813 g/mol. The van der Waals surface area contributed by atoms with Crippen molar-refractivity contribution in [3.8, 4) is 11.5 Å². The minimum Gasteiger partial charge on any atom is -0.497 e. The van der Waals surface area contributed by atoms with E-state index < -0.39 is 34.6 Å². The molecule has 0 radical (unpaired) electrons. The van der Waals surface area contributed by atoms with Crippen LogP contribution in [0.4, 0.5) is 0 Å². The second kappa shape index (κ2) is 18.0. The number of ether oxygens (including phenoxy) is 2. The summed E-state index contributed by atoms with van der Waals surface area (Å²) in [4.78, 5) is 28.5. The van der Waals surface area contributed by atoms with Crippen LogP contribution in [0.2, 0.25) is 10.1 Å². The molecule has 1 aliphatic rings. The van der Waals surface area contributed by atoms with Crippen LogP contribution < -0.4 is 35.5 Å². The third kappa shape index (κ3) is 8.64. The van der Waals surface area contributed by atoms with Gasteiger partial charge in [0.05, 0.1) is 20.3 Å². The van der Waals surface area contributed by atoms with Crippen LogP contribution >= 0.6 is 0 Å². The molecule has 3 unspecified atom stereocenters. The highest BCUT2D eigenvalue weighted by atomic mass is 28.4. The predicted molar refractivity (Wildman–Crippen MR) is 239 cm³/mol. The summed E-state index contributed by atoms with van der Waals surface area (Å²) < 4.78 is 26.3. The molecule has 7 nitrogen and oxygen atoms in total. The van der Waals surface area contributed by atoms with E-state index in [-0.39, 0.29) is 47.8 Å². The minimum atomic E-state index is -3.09. The summed E-state index contributed by atoms with van der Waals surface area (Å²) in [5.41, 5.74) is 0.814. The smallest absolute Gasteiger partial charge is 0.261 e. The van der Waals surface area contributed by atoms with Gasteiger partial charge in [0.25, 0.3) is 16.6 Å². The molecular formula is C49H59NO6Si2. The maximum absolute atomic E-state index is 14.5. The van der Waals surface area contributed by atoms with Gasteiger partial charge in [-0.3, -0.25) is 9.59 Å². The van der Waals surface area contributed by atoms with E-state index in [9.17, 15) is 9.59 Å². The van der Waals surface area contributed by atoms with Crippen molar-refractivity contribution < 1.29 is 27.9 Å². The zero-order chi connectivity index (χ0) is 41.6. The van der Waals surface area contributed by atoms with E-state index in [0.29, 0.717) is 11.5 Å². The van der Waals surface area contributed by atoms with Gasteiger partial charge in [-0.25, -0.2) is 0 Å². The Morgan fingerprint density at radius 1 is 0.655 bits per heavy atom. The van der Waals surface area contributed by atoms with E-state index in [4.69, 9.17) is 18.3 Å². The molecule has 1 saturated carbocycles. The first-order valence-electron chi connectivity index (χ1n) is 20.3. The Morgan fingerprint density at radius 2 is 1.12 bits per heavy atom. The highest BCUT2D eigenvalue weighted by Crippen LogP contribution is 2.44. The average Bonchev–Trinajstić information content (AvgIpc) is 3.51. The molecule has 6 rings (SSSR count). The lowest BCUT2D eigenvalue weighted by atomic mass is 9.91. The summed E-state index contributed by atoms with van der Waals surface area (Å²) in [5.74, 6) is 0.0938. The molecule has 1 fully saturated rings. The Bertz CT molecular complexity index is 2040. The lowest BCUT2D eigenvalue weighted by Crippen LogP contribution is -2.68. The van der Waals surface area contributed by atoms with Gasteiger partial charge >= 0.3 is 0 Å². The van der Waals surface area contributed by atoms with E-state index in [0.717, 1.165) is 26.3 Å². The standard InChI is InChI=1S/C49H59NO6Si2/c1-48(2,3)57(38-21-13-9-14-22-38,39-23-15-10-16-24-39)55-35-43-42(32-47(52)50-34-36-29-30-37(53-7)31-45(36)54-8)44(51)33-46(43)56-58(49(4,5)6,40-25-17-11-18-26-40)41-27-19-12-20-28-41/h9-31,42-43,46H,32-35H2,1-8H3,(H,50,52). The Labute approximate surface area is 347 Å². The normalized spacial score (nSPS) is 17.5. The van der Waals surface area contributed by atoms with Crippen molar-refractivity contribution in [2.45, 2.75) is 77.1 Å². The number of methoxy groups -OCH3 is 2. The number of rotatable bonds is 15. The molecule has 1 amide bonds. The number of hydrogen-bond acceptors (Lipinski definition) is 6. The lowest BCUT2D eigenvalue weighted by Gasteiger charge is -2.47. The molecule has 304 valence electrons. The third-order valence-corrected chi connectivity index (χ3v) is 21.9. The van der Waals surface area contributed by atoms with Crippen LogP contribution in [-0.2, 0) is 25.0 Å². The molecule has 0 heterocycles. The fourth-order valence-corrected chi connectivity index (χ4v) is 18.3. The molecular weight excluding hydrogens is 755 g/mol. The zero-order valence-corrected chi connectivity index (χ0v) is 37.3. The number of carbonyl (C=O) groups excluding carboxylic acids is 2. The van der Waals surface area contributed by atoms with Crippen molar-refractivity contribution in [3.05, 3.63) is 145 Å². The summed E-state index contributed by atoms with van der Waals surface area (Å²) in [6.07, 6.45) is -0.271. The second-order valence-corrected chi connectivity index (χ2v) is 26.0. The van der Waals surface area contributed by atoms with E-state index in [1.165, 1.54) is 0 Å². The molecule has 0 aliphatic heterocycles. The molecule has 0 bridgehead atoms. The quantitative estimate of drug-likeness (QED) is 0.111. The van der Waals surface area contributed by atoms with Gasteiger partial charge < -0.3 is 23.6 Å². The summed E-state index contributed by atoms with van der Waals surface area (Å²) in [6, 6.07) is 47.7. The predicted octanol–water partition coefficient (Wildman–Crippen LogP) is 7.44. The molecule has 0 saturated heterocycles. The van der Waals surface area contributed by atoms with Crippen molar-refractivity contribution in [2.75, 3.05) is 20.8 Å². The van der Waals surface area contributed by atoms with Crippen LogP contribution in [0.3, 0.4) is 0 Å². The van der Waals surface area contributed by atoms with Crippen molar-refractivity contribution >= 4 is 49.1 Å². The maximum Gasteiger partial charge on any atom is 0.261 e. The second-order valence-electron chi connectivity index (χ2n) is 17.4.